The van der Waals surface area contributed by atoms with E-state index in [1.807, 2.05) is 60.7 Å². The first-order chi connectivity index (χ1) is 14.5. The van der Waals surface area contributed by atoms with Crippen molar-refractivity contribution in [2.24, 2.45) is 0 Å². The second-order valence-corrected chi connectivity index (χ2v) is 6.63. The molecule has 0 unspecified atom stereocenters. The molecule has 0 bridgehead atoms. The van der Waals surface area contributed by atoms with Crippen LogP contribution in [0.4, 0.5) is 21.0 Å². The summed E-state index contributed by atoms with van der Waals surface area (Å²) in [7, 11) is 0. The van der Waals surface area contributed by atoms with Crippen molar-refractivity contribution < 1.29 is 19.1 Å². The zero-order chi connectivity index (χ0) is 21.3. The van der Waals surface area contributed by atoms with Gasteiger partial charge in [-0.25, -0.2) is 9.59 Å². The standard InChI is InChI=1S/C23H23N3O4/c1-16-20(25-22(27)29-14-18-9-5-3-6-10-18)13-21(17(2)24-16)26-23(28)30-15-19-11-7-4-8-12-19/h3-13H,14-15H2,1-2H3,(H,25,27)(H,26,28). The molecule has 0 aliphatic heterocycles. The van der Waals surface area contributed by atoms with Gasteiger partial charge in [-0.15, -0.1) is 0 Å². The van der Waals surface area contributed by atoms with Crippen molar-refractivity contribution in [3.05, 3.63) is 89.2 Å². The van der Waals surface area contributed by atoms with E-state index in [2.05, 4.69) is 15.6 Å². The average Bonchev–Trinajstić information content (AvgIpc) is 2.75. The summed E-state index contributed by atoms with van der Waals surface area (Å²) in [6, 6.07) is 20.4. The number of carbonyl (C=O) groups excluding carboxylic acids is 2. The summed E-state index contributed by atoms with van der Waals surface area (Å²) in [5.41, 5.74) is 3.86. The van der Waals surface area contributed by atoms with Crippen LogP contribution in [0.5, 0.6) is 0 Å². The number of aryl methyl sites for hydroxylation is 2. The highest BCUT2D eigenvalue weighted by atomic mass is 16.6. The minimum atomic E-state index is -0.606. The van der Waals surface area contributed by atoms with Crippen molar-refractivity contribution in [2.45, 2.75) is 27.1 Å². The van der Waals surface area contributed by atoms with Gasteiger partial charge in [-0.1, -0.05) is 60.7 Å². The lowest BCUT2D eigenvalue weighted by atomic mass is 10.2. The van der Waals surface area contributed by atoms with Gasteiger partial charge in [0.05, 0.1) is 22.8 Å². The molecule has 154 valence electrons. The fraction of sp³-hybridized carbons (Fsp3) is 0.174. The third kappa shape index (κ3) is 6.07. The van der Waals surface area contributed by atoms with Crippen LogP contribution in [0.3, 0.4) is 0 Å². The van der Waals surface area contributed by atoms with Crippen LogP contribution < -0.4 is 10.6 Å². The number of nitrogens with zero attached hydrogens (tertiary/aromatic N) is 1. The maximum atomic E-state index is 12.1. The molecule has 0 aliphatic carbocycles. The molecule has 0 fully saturated rings. The highest BCUT2D eigenvalue weighted by molar-refractivity contribution is 5.89. The van der Waals surface area contributed by atoms with E-state index in [4.69, 9.17) is 9.47 Å². The first-order valence-corrected chi connectivity index (χ1v) is 9.45. The van der Waals surface area contributed by atoms with Gasteiger partial charge in [0.25, 0.3) is 0 Å². The molecule has 30 heavy (non-hydrogen) atoms. The number of pyridine rings is 1. The number of hydrogen-bond donors (Lipinski definition) is 2. The molecule has 0 saturated carbocycles. The van der Waals surface area contributed by atoms with Crippen LogP contribution in [0.2, 0.25) is 0 Å². The third-order valence-corrected chi connectivity index (χ3v) is 4.30. The number of aromatic nitrogens is 1. The van der Waals surface area contributed by atoms with Crippen LogP contribution in [-0.2, 0) is 22.7 Å². The Bertz CT molecular complexity index is 929. The predicted molar refractivity (Wildman–Crippen MR) is 114 cm³/mol. The predicted octanol–water partition coefficient (Wildman–Crippen LogP) is 5.20. The molecule has 2 aromatic carbocycles. The van der Waals surface area contributed by atoms with E-state index in [-0.39, 0.29) is 13.2 Å². The number of amides is 2. The lowest BCUT2D eigenvalue weighted by Crippen LogP contribution is -2.17. The Morgan fingerprint density at radius 3 is 1.53 bits per heavy atom. The maximum absolute atomic E-state index is 12.1. The van der Waals surface area contributed by atoms with Crippen LogP contribution in [0.15, 0.2) is 66.7 Å². The monoisotopic (exact) mass is 405 g/mol. The van der Waals surface area contributed by atoms with Gasteiger partial charge >= 0.3 is 12.2 Å². The molecule has 0 radical (unpaired) electrons. The zero-order valence-corrected chi connectivity index (χ0v) is 16.8. The van der Waals surface area contributed by atoms with Gasteiger partial charge in [-0.05, 0) is 31.0 Å². The smallest absolute Gasteiger partial charge is 0.412 e. The van der Waals surface area contributed by atoms with Gasteiger partial charge in [-0.2, -0.15) is 0 Å². The summed E-state index contributed by atoms with van der Waals surface area (Å²) in [5.74, 6) is 0. The van der Waals surface area contributed by atoms with Crippen molar-refractivity contribution in [1.82, 2.24) is 4.98 Å². The zero-order valence-electron chi connectivity index (χ0n) is 16.8. The lowest BCUT2D eigenvalue weighted by Gasteiger charge is -2.14. The third-order valence-electron chi connectivity index (χ3n) is 4.30. The van der Waals surface area contributed by atoms with E-state index in [1.165, 1.54) is 0 Å². The summed E-state index contributed by atoms with van der Waals surface area (Å²) >= 11 is 0. The second-order valence-electron chi connectivity index (χ2n) is 6.63. The van der Waals surface area contributed by atoms with Crippen LogP contribution in [-0.4, -0.2) is 17.2 Å². The molecule has 2 N–H and O–H groups in total. The van der Waals surface area contributed by atoms with Crippen LogP contribution in [0.1, 0.15) is 22.5 Å². The van der Waals surface area contributed by atoms with Crippen LogP contribution in [0, 0.1) is 13.8 Å². The van der Waals surface area contributed by atoms with Gasteiger partial charge in [-0.3, -0.25) is 15.6 Å². The molecular weight excluding hydrogens is 382 g/mol. The summed E-state index contributed by atoms with van der Waals surface area (Å²) in [6.45, 7) is 3.83. The van der Waals surface area contributed by atoms with E-state index in [1.54, 1.807) is 19.9 Å². The molecule has 3 aromatic rings. The Morgan fingerprint density at radius 2 is 1.13 bits per heavy atom. The lowest BCUT2D eigenvalue weighted by molar-refractivity contribution is 0.154. The Morgan fingerprint density at radius 1 is 0.733 bits per heavy atom. The van der Waals surface area contributed by atoms with Crippen molar-refractivity contribution in [3.8, 4) is 0 Å². The fourth-order valence-corrected chi connectivity index (χ4v) is 2.72. The molecule has 0 saturated heterocycles. The largest absolute Gasteiger partial charge is 0.444 e. The molecular formula is C23H23N3O4. The minimum absolute atomic E-state index is 0.155. The Labute approximate surface area is 175 Å². The summed E-state index contributed by atoms with van der Waals surface area (Å²) in [6.07, 6.45) is -1.21. The number of hydrogen-bond acceptors (Lipinski definition) is 5. The van der Waals surface area contributed by atoms with E-state index < -0.39 is 12.2 Å². The number of nitrogens with one attached hydrogen (secondary N) is 2. The molecule has 1 heterocycles. The minimum Gasteiger partial charge on any atom is -0.444 e. The van der Waals surface area contributed by atoms with Gasteiger partial charge in [0.2, 0.25) is 0 Å². The number of rotatable bonds is 6. The van der Waals surface area contributed by atoms with E-state index in [0.29, 0.717) is 22.8 Å². The topological polar surface area (TPSA) is 89.5 Å². The number of ether oxygens (including phenoxy) is 2. The summed E-state index contributed by atoms with van der Waals surface area (Å²) in [4.78, 5) is 28.7. The van der Waals surface area contributed by atoms with Crippen molar-refractivity contribution in [1.29, 1.82) is 0 Å². The molecule has 7 heteroatoms. The molecule has 0 atom stereocenters. The Kier molecular flexibility index (Phi) is 7.00. The van der Waals surface area contributed by atoms with Crippen molar-refractivity contribution in [2.75, 3.05) is 10.6 Å². The highest BCUT2D eigenvalue weighted by Crippen LogP contribution is 2.22. The van der Waals surface area contributed by atoms with Crippen LogP contribution >= 0.6 is 0 Å². The molecule has 0 aliphatic rings. The van der Waals surface area contributed by atoms with E-state index in [9.17, 15) is 9.59 Å². The van der Waals surface area contributed by atoms with Gasteiger partial charge < -0.3 is 9.47 Å². The number of anilines is 2. The molecule has 2 amide bonds. The summed E-state index contributed by atoms with van der Waals surface area (Å²) < 4.78 is 10.5. The molecule has 0 spiro atoms. The number of benzene rings is 2. The van der Waals surface area contributed by atoms with Gasteiger partial charge in [0.15, 0.2) is 0 Å². The SMILES string of the molecule is Cc1nc(C)c(NC(=O)OCc2ccccc2)cc1NC(=O)OCc1ccccc1. The van der Waals surface area contributed by atoms with Gasteiger partial charge in [0, 0.05) is 0 Å². The van der Waals surface area contributed by atoms with Gasteiger partial charge in [0.1, 0.15) is 13.2 Å². The fourth-order valence-electron chi connectivity index (χ4n) is 2.72. The van der Waals surface area contributed by atoms with Crippen molar-refractivity contribution >= 4 is 23.6 Å². The van der Waals surface area contributed by atoms with Crippen molar-refractivity contribution in [3.63, 3.8) is 0 Å². The van der Waals surface area contributed by atoms with Crippen LogP contribution in [0.25, 0.3) is 0 Å². The highest BCUT2D eigenvalue weighted by Gasteiger charge is 2.13. The molecule has 3 rings (SSSR count). The van der Waals surface area contributed by atoms with E-state index in [0.717, 1.165) is 11.1 Å². The average molecular weight is 405 g/mol. The first kappa shape index (κ1) is 20.9. The molecule has 7 nitrogen and oxygen atoms in total. The maximum Gasteiger partial charge on any atom is 0.412 e. The Balaban J connectivity index is 1.58. The normalized spacial score (nSPS) is 10.2. The Hall–Kier alpha value is -3.87. The number of carbonyl (C=O) groups is 2. The van der Waals surface area contributed by atoms with E-state index >= 15 is 0 Å². The molecule has 1 aromatic heterocycles. The summed E-state index contributed by atoms with van der Waals surface area (Å²) in [5, 5.41) is 5.33. The first-order valence-electron chi connectivity index (χ1n) is 9.45. The second kappa shape index (κ2) is 10.1. The quantitative estimate of drug-likeness (QED) is 0.589.